The van der Waals surface area contributed by atoms with E-state index in [0.29, 0.717) is 12.3 Å². The van der Waals surface area contributed by atoms with Crippen LogP contribution in [0.1, 0.15) is 31.2 Å². The van der Waals surface area contributed by atoms with Crippen LogP contribution in [0.25, 0.3) is 0 Å². The minimum atomic E-state index is 0.320. The highest BCUT2D eigenvalue weighted by atomic mass is 16.5. The summed E-state index contributed by atoms with van der Waals surface area (Å²) >= 11 is 0. The van der Waals surface area contributed by atoms with Crippen molar-refractivity contribution in [3.05, 3.63) is 29.8 Å². The predicted octanol–water partition coefficient (Wildman–Crippen LogP) is 2.64. The molecular weight excluding hydrogens is 226 g/mol. The number of hydrogen-bond donors (Lipinski definition) is 0. The number of carbonyl (C=O) groups excluding carboxylic acids is 1. The van der Waals surface area contributed by atoms with Crippen molar-refractivity contribution in [3.63, 3.8) is 0 Å². The van der Waals surface area contributed by atoms with Crippen LogP contribution in [0.2, 0.25) is 0 Å². The molecule has 1 heterocycles. The Morgan fingerprint density at radius 3 is 2.50 bits per heavy atom. The van der Waals surface area contributed by atoms with E-state index in [2.05, 4.69) is 12.1 Å². The van der Waals surface area contributed by atoms with Crippen LogP contribution >= 0.6 is 0 Å². The second-order valence-corrected chi connectivity index (χ2v) is 4.79. The van der Waals surface area contributed by atoms with E-state index in [1.165, 1.54) is 18.4 Å². The quantitative estimate of drug-likeness (QED) is 0.800. The molecule has 0 aliphatic carbocycles. The van der Waals surface area contributed by atoms with Gasteiger partial charge in [-0.05, 0) is 43.4 Å². The first-order chi connectivity index (χ1) is 8.79. The van der Waals surface area contributed by atoms with Crippen LogP contribution in [0.3, 0.4) is 0 Å². The first-order valence-corrected chi connectivity index (χ1v) is 6.70. The van der Waals surface area contributed by atoms with Crippen LogP contribution in [-0.4, -0.2) is 31.0 Å². The minimum Gasteiger partial charge on any atom is -0.497 e. The second kappa shape index (κ2) is 6.43. The first kappa shape index (κ1) is 12.9. The highest BCUT2D eigenvalue weighted by Gasteiger charge is 2.16. The number of amides is 1. The lowest BCUT2D eigenvalue weighted by molar-refractivity contribution is -0.130. The molecule has 18 heavy (non-hydrogen) atoms. The summed E-state index contributed by atoms with van der Waals surface area (Å²) in [6.45, 7) is 1.92. The summed E-state index contributed by atoms with van der Waals surface area (Å²) in [6.07, 6.45) is 4.91. The van der Waals surface area contributed by atoms with Crippen molar-refractivity contribution < 1.29 is 9.53 Å². The normalized spacial score (nSPS) is 14.8. The van der Waals surface area contributed by atoms with Crippen LogP contribution < -0.4 is 4.74 Å². The maximum Gasteiger partial charge on any atom is 0.222 e. The summed E-state index contributed by atoms with van der Waals surface area (Å²) in [5.74, 6) is 1.20. The summed E-state index contributed by atoms with van der Waals surface area (Å²) in [5.41, 5.74) is 1.27. The molecular formula is C15H21NO2. The van der Waals surface area contributed by atoms with Gasteiger partial charge in [0.15, 0.2) is 0 Å². The Kier molecular flexibility index (Phi) is 4.62. The van der Waals surface area contributed by atoms with Gasteiger partial charge in [0.2, 0.25) is 5.91 Å². The lowest BCUT2D eigenvalue weighted by Gasteiger charge is -2.14. The Hall–Kier alpha value is -1.51. The van der Waals surface area contributed by atoms with Gasteiger partial charge in [-0.2, -0.15) is 0 Å². The van der Waals surface area contributed by atoms with Gasteiger partial charge in [-0.3, -0.25) is 4.79 Å². The molecule has 3 heteroatoms. The van der Waals surface area contributed by atoms with E-state index in [0.717, 1.165) is 31.7 Å². The molecule has 0 bridgehead atoms. The van der Waals surface area contributed by atoms with E-state index >= 15 is 0 Å². The van der Waals surface area contributed by atoms with E-state index in [4.69, 9.17) is 4.74 Å². The molecule has 1 aromatic carbocycles. The molecule has 1 aliphatic rings. The number of likely N-dealkylation sites (tertiary alicyclic amines) is 1. The van der Waals surface area contributed by atoms with Gasteiger partial charge < -0.3 is 9.64 Å². The fourth-order valence-electron chi connectivity index (χ4n) is 2.36. The molecule has 0 spiro atoms. The lowest BCUT2D eigenvalue weighted by atomic mass is 10.1. The SMILES string of the molecule is COc1ccc(CCCC(=O)N2CCCC2)cc1. The maximum absolute atomic E-state index is 11.8. The van der Waals surface area contributed by atoms with Crippen molar-refractivity contribution >= 4 is 5.91 Å². The molecule has 98 valence electrons. The number of benzene rings is 1. The van der Waals surface area contributed by atoms with Crippen molar-refractivity contribution in [1.82, 2.24) is 4.90 Å². The summed E-state index contributed by atoms with van der Waals surface area (Å²) < 4.78 is 5.12. The zero-order valence-electron chi connectivity index (χ0n) is 11.0. The van der Waals surface area contributed by atoms with Gasteiger partial charge in [-0.15, -0.1) is 0 Å². The number of nitrogens with zero attached hydrogens (tertiary/aromatic N) is 1. The summed E-state index contributed by atoms with van der Waals surface area (Å²) in [5, 5.41) is 0. The average molecular weight is 247 g/mol. The maximum atomic E-state index is 11.8. The molecule has 0 radical (unpaired) electrons. The van der Waals surface area contributed by atoms with Crippen LogP contribution in [0.4, 0.5) is 0 Å². The molecule has 1 saturated heterocycles. The Labute approximate surface area is 109 Å². The Bertz CT molecular complexity index is 380. The van der Waals surface area contributed by atoms with Crippen LogP contribution in [0, 0.1) is 0 Å². The molecule has 1 aromatic rings. The smallest absolute Gasteiger partial charge is 0.222 e. The first-order valence-electron chi connectivity index (χ1n) is 6.70. The Balaban J connectivity index is 1.72. The van der Waals surface area contributed by atoms with Gasteiger partial charge in [0.1, 0.15) is 5.75 Å². The van der Waals surface area contributed by atoms with Crippen LogP contribution in [0.15, 0.2) is 24.3 Å². The van der Waals surface area contributed by atoms with Gasteiger partial charge in [-0.1, -0.05) is 12.1 Å². The third-order valence-electron chi connectivity index (χ3n) is 3.47. The van der Waals surface area contributed by atoms with Gasteiger partial charge in [0, 0.05) is 19.5 Å². The molecule has 1 amide bonds. The highest BCUT2D eigenvalue weighted by molar-refractivity contribution is 5.76. The van der Waals surface area contributed by atoms with Gasteiger partial charge in [-0.25, -0.2) is 0 Å². The molecule has 1 fully saturated rings. The number of rotatable bonds is 5. The van der Waals surface area contributed by atoms with E-state index < -0.39 is 0 Å². The zero-order valence-corrected chi connectivity index (χ0v) is 11.0. The fourth-order valence-corrected chi connectivity index (χ4v) is 2.36. The fraction of sp³-hybridized carbons (Fsp3) is 0.533. The van der Waals surface area contributed by atoms with Crippen molar-refractivity contribution in [2.24, 2.45) is 0 Å². The summed E-state index contributed by atoms with van der Waals surface area (Å²) in [7, 11) is 1.67. The second-order valence-electron chi connectivity index (χ2n) is 4.79. The number of carbonyl (C=O) groups is 1. The number of hydrogen-bond acceptors (Lipinski definition) is 2. The van der Waals surface area contributed by atoms with Crippen molar-refractivity contribution in [1.29, 1.82) is 0 Å². The molecule has 0 N–H and O–H groups in total. The molecule has 0 saturated carbocycles. The molecule has 0 unspecified atom stereocenters. The summed E-state index contributed by atoms with van der Waals surface area (Å²) in [6, 6.07) is 8.08. The van der Waals surface area contributed by atoms with Gasteiger partial charge >= 0.3 is 0 Å². The topological polar surface area (TPSA) is 29.5 Å². The zero-order chi connectivity index (χ0) is 12.8. The van der Waals surface area contributed by atoms with E-state index in [1.54, 1.807) is 7.11 Å². The molecule has 1 aliphatic heterocycles. The molecule has 0 atom stereocenters. The molecule has 2 rings (SSSR count). The molecule has 0 aromatic heterocycles. The Morgan fingerprint density at radius 2 is 1.89 bits per heavy atom. The lowest BCUT2D eigenvalue weighted by Crippen LogP contribution is -2.27. The third-order valence-corrected chi connectivity index (χ3v) is 3.47. The highest BCUT2D eigenvalue weighted by Crippen LogP contribution is 2.14. The van der Waals surface area contributed by atoms with Crippen LogP contribution in [-0.2, 0) is 11.2 Å². The minimum absolute atomic E-state index is 0.320. The summed E-state index contributed by atoms with van der Waals surface area (Å²) in [4.78, 5) is 13.8. The van der Waals surface area contributed by atoms with E-state index in [9.17, 15) is 4.79 Å². The number of aryl methyl sites for hydroxylation is 1. The number of ether oxygens (including phenoxy) is 1. The van der Waals surface area contributed by atoms with E-state index in [1.807, 2.05) is 17.0 Å². The number of methoxy groups -OCH3 is 1. The van der Waals surface area contributed by atoms with Gasteiger partial charge in [0.25, 0.3) is 0 Å². The average Bonchev–Trinajstić information content (AvgIpc) is 2.93. The van der Waals surface area contributed by atoms with E-state index in [-0.39, 0.29) is 0 Å². The predicted molar refractivity (Wildman–Crippen MR) is 71.7 cm³/mol. The Morgan fingerprint density at radius 1 is 1.22 bits per heavy atom. The standard InChI is InChI=1S/C15H21NO2/c1-18-14-9-7-13(8-10-14)5-4-6-15(17)16-11-2-3-12-16/h7-10H,2-6,11-12H2,1H3. The van der Waals surface area contributed by atoms with Crippen LogP contribution in [0.5, 0.6) is 5.75 Å². The van der Waals surface area contributed by atoms with Crippen molar-refractivity contribution in [3.8, 4) is 5.75 Å². The largest absolute Gasteiger partial charge is 0.497 e. The van der Waals surface area contributed by atoms with Crippen molar-refractivity contribution in [2.45, 2.75) is 32.1 Å². The molecule has 3 nitrogen and oxygen atoms in total. The van der Waals surface area contributed by atoms with Gasteiger partial charge in [0.05, 0.1) is 7.11 Å². The third kappa shape index (κ3) is 3.49. The van der Waals surface area contributed by atoms with Crippen molar-refractivity contribution in [2.75, 3.05) is 20.2 Å². The monoisotopic (exact) mass is 247 g/mol.